The highest BCUT2D eigenvalue weighted by Crippen LogP contribution is 2.17. The molecule has 2 aliphatic heterocycles. The molecule has 0 unspecified atom stereocenters. The van der Waals surface area contributed by atoms with Gasteiger partial charge in [-0.1, -0.05) is 13.3 Å². The van der Waals surface area contributed by atoms with Gasteiger partial charge in [-0.05, 0) is 25.2 Å². The number of nitrogens with zero attached hydrogens (tertiary/aromatic N) is 2. The summed E-state index contributed by atoms with van der Waals surface area (Å²) in [5.74, 6) is 0.414. The predicted octanol–water partition coefficient (Wildman–Crippen LogP) is 1.34. The van der Waals surface area contributed by atoms with Gasteiger partial charge in [0.15, 0.2) is 0 Å². The van der Waals surface area contributed by atoms with Crippen LogP contribution in [0.15, 0.2) is 12.2 Å². The van der Waals surface area contributed by atoms with Crippen LogP contribution in [0.25, 0.3) is 0 Å². The third-order valence-corrected chi connectivity index (χ3v) is 3.95. The number of unbranched alkanes of at least 4 members (excludes halogenated alkanes) is 2. The van der Waals surface area contributed by atoms with E-state index < -0.39 is 0 Å². The van der Waals surface area contributed by atoms with Gasteiger partial charge in [-0.15, -0.1) is 0 Å². The molecule has 0 N–H and O–H groups in total. The Kier molecular flexibility index (Phi) is 4.93. The van der Waals surface area contributed by atoms with Crippen LogP contribution in [0.3, 0.4) is 0 Å². The molecule has 0 aliphatic carbocycles. The molecule has 5 heteroatoms. The van der Waals surface area contributed by atoms with Crippen LogP contribution in [0.1, 0.15) is 39.0 Å². The highest BCUT2D eigenvalue weighted by atomic mass is 16.2. The lowest BCUT2D eigenvalue weighted by Gasteiger charge is -2.16. The van der Waals surface area contributed by atoms with Gasteiger partial charge in [0.05, 0.1) is 0 Å². The number of carbonyl (C=O) groups excluding carboxylic acids is 3. The molecule has 2 rings (SSSR count). The minimum absolute atomic E-state index is 0.225. The lowest BCUT2D eigenvalue weighted by atomic mass is 10.1. The van der Waals surface area contributed by atoms with Crippen molar-refractivity contribution in [2.45, 2.75) is 39.0 Å². The summed E-state index contributed by atoms with van der Waals surface area (Å²) in [6.07, 6.45) is 6.76. The van der Waals surface area contributed by atoms with Crippen molar-refractivity contribution < 1.29 is 14.4 Å². The van der Waals surface area contributed by atoms with E-state index in [1.54, 1.807) is 0 Å². The van der Waals surface area contributed by atoms with Gasteiger partial charge in [0.2, 0.25) is 5.91 Å². The zero-order valence-electron chi connectivity index (χ0n) is 12.0. The molecule has 0 spiro atoms. The topological polar surface area (TPSA) is 57.7 Å². The first-order valence-corrected chi connectivity index (χ1v) is 7.39. The van der Waals surface area contributed by atoms with E-state index in [-0.39, 0.29) is 17.7 Å². The fourth-order valence-electron chi connectivity index (χ4n) is 2.69. The largest absolute Gasteiger partial charge is 0.342 e. The van der Waals surface area contributed by atoms with E-state index in [0.29, 0.717) is 18.9 Å². The van der Waals surface area contributed by atoms with Crippen molar-refractivity contribution in [3.8, 4) is 0 Å². The van der Waals surface area contributed by atoms with Crippen LogP contribution in [0, 0.1) is 5.92 Å². The normalized spacial score (nSPS) is 22.1. The number of rotatable bonds is 6. The lowest BCUT2D eigenvalue weighted by Crippen LogP contribution is -2.31. The molecule has 2 aliphatic rings. The van der Waals surface area contributed by atoms with Crippen LogP contribution in [-0.4, -0.2) is 47.2 Å². The van der Waals surface area contributed by atoms with Crippen molar-refractivity contribution in [1.29, 1.82) is 0 Å². The second-order valence-electron chi connectivity index (χ2n) is 5.71. The Bertz CT molecular complexity index is 413. The van der Waals surface area contributed by atoms with Crippen LogP contribution in [0.5, 0.6) is 0 Å². The average Bonchev–Trinajstić information content (AvgIpc) is 2.98. The molecule has 0 saturated carbocycles. The molecular weight excluding hydrogens is 256 g/mol. The number of imide groups is 1. The van der Waals surface area contributed by atoms with Gasteiger partial charge >= 0.3 is 0 Å². The third kappa shape index (κ3) is 3.68. The molecule has 20 heavy (non-hydrogen) atoms. The van der Waals surface area contributed by atoms with E-state index in [0.717, 1.165) is 38.8 Å². The summed E-state index contributed by atoms with van der Waals surface area (Å²) in [5.41, 5.74) is 0. The number of carbonyl (C=O) groups is 3. The number of hydrogen-bond donors (Lipinski definition) is 0. The minimum atomic E-state index is -0.225. The fourth-order valence-corrected chi connectivity index (χ4v) is 2.69. The summed E-state index contributed by atoms with van der Waals surface area (Å²) in [7, 11) is 0. The summed E-state index contributed by atoms with van der Waals surface area (Å²) in [6.45, 7) is 4.41. The van der Waals surface area contributed by atoms with Crippen LogP contribution in [0.2, 0.25) is 0 Å². The highest BCUT2D eigenvalue weighted by Gasteiger charge is 2.23. The maximum atomic E-state index is 11.9. The Morgan fingerprint density at radius 1 is 1.20 bits per heavy atom. The smallest absolute Gasteiger partial charge is 0.253 e. The maximum absolute atomic E-state index is 11.9. The molecule has 110 valence electrons. The Morgan fingerprint density at radius 3 is 2.50 bits per heavy atom. The average molecular weight is 278 g/mol. The number of likely N-dealkylation sites (tertiary alicyclic amines) is 1. The molecule has 0 aromatic carbocycles. The Balaban J connectivity index is 1.57. The van der Waals surface area contributed by atoms with E-state index in [4.69, 9.17) is 0 Å². The molecule has 0 bridgehead atoms. The summed E-state index contributed by atoms with van der Waals surface area (Å²) in [6, 6.07) is 0. The maximum Gasteiger partial charge on any atom is 0.253 e. The van der Waals surface area contributed by atoms with Gasteiger partial charge < -0.3 is 4.90 Å². The second-order valence-corrected chi connectivity index (χ2v) is 5.71. The summed E-state index contributed by atoms with van der Waals surface area (Å²) < 4.78 is 0. The number of amides is 3. The quantitative estimate of drug-likeness (QED) is 0.544. The summed E-state index contributed by atoms with van der Waals surface area (Å²) in [5, 5.41) is 0. The van der Waals surface area contributed by atoms with E-state index in [1.807, 2.05) is 4.90 Å². The van der Waals surface area contributed by atoms with E-state index >= 15 is 0 Å². The van der Waals surface area contributed by atoms with Gasteiger partial charge in [0.1, 0.15) is 0 Å². The minimum Gasteiger partial charge on any atom is -0.342 e. The lowest BCUT2D eigenvalue weighted by molar-refractivity contribution is -0.137. The first-order chi connectivity index (χ1) is 9.58. The van der Waals surface area contributed by atoms with E-state index in [2.05, 4.69) is 6.92 Å². The molecule has 0 radical (unpaired) electrons. The monoisotopic (exact) mass is 278 g/mol. The second kappa shape index (κ2) is 6.68. The standard InChI is InChI=1S/C15H22N2O3/c1-12-8-10-16(11-12)13(18)5-3-2-4-9-17-14(19)6-7-15(17)20/h6-7,12H,2-5,8-11H2,1H3/t12-/m1/s1. The van der Waals surface area contributed by atoms with Crippen molar-refractivity contribution in [2.24, 2.45) is 5.92 Å². The summed E-state index contributed by atoms with van der Waals surface area (Å²) in [4.78, 5) is 37.7. The van der Waals surface area contributed by atoms with Crippen molar-refractivity contribution >= 4 is 17.7 Å². The first-order valence-electron chi connectivity index (χ1n) is 7.39. The summed E-state index contributed by atoms with van der Waals surface area (Å²) >= 11 is 0. The van der Waals surface area contributed by atoms with Crippen LogP contribution in [-0.2, 0) is 14.4 Å². The SMILES string of the molecule is C[C@@H]1CCN(C(=O)CCCCCN2C(=O)C=CC2=O)C1. The van der Waals surface area contributed by atoms with Gasteiger partial charge in [0, 0.05) is 38.2 Å². The van der Waals surface area contributed by atoms with Crippen LogP contribution >= 0.6 is 0 Å². The van der Waals surface area contributed by atoms with Gasteiger partial charge in [-0.3, -0.25) is 19.3 Å². The van der Waals surface area contributed by atoms with Gasteiger partial charge in [0.25, 0.3) is 11.8 Å². The number of hydrogen-bond acceptors (Lipinski definition) is 3. The van der Waals surface area contributed by atoms with Gasteiger partial charge in [-0.25, -0.2) is 0 Å². The Morgan fingerprint density at radius 2 is 1.90 bits per heavy atom. The Labute approximate surface area is 119 Å². The van der Waals surface area contributed by atoms with Crippen LogP contribution in [0.4, 0.5) is 0 Å². The van der Waals surface area contributed by atoms with E-state index in [1.165, 1.54) is 17.1 Å². The molecule has 0 aromatic rings. The molecular formula is C15H22N2O3. The molecule has 1 saturated heterocycles. The fraction of sp³-hybridized carbons (Fsp3) is 0.667. The molecule has 5 nitrogen and oxygen atoms in total. The van der Waals surface area contributed by atoms with Crippen molar-refractivity contribution in [1.82, 2.24) is 9.80 Å². The molecule has 1 atom stereocenters. The van der Waals surface area contributed by atoms with Crippen molar-refractivity contribution in [3.05, 3.63) is 12.2 Å². The Hall–Kier alpha value is -1.65. The molecule has 3 amide bonds. The highest BCUT2D eigenvalue weighted by molar-refractivity contribution is 6.12. The van der Waals surface area contributed by atoms with Crippen molar-refractivity contribution in [3.63, 3.8) is 0 Å². The third-order valence-electron chi connectivity index (χ3n) is 3.95. The zero-order valence-corrected chi connectivity index (χ0v) is 12.0. The molecule has 0 aromatic heterocycles. The van der Waals surface area contributed by atoms with E-state index in [9.17, 15) is 14.4 Å². The molecule has 1 fully saturated rings. The first kappa shape index (κ1) is 14.8. The predicted molar refractivity (Wildman–Crippen MR) is 74.7 cm³/mol. The molecule has 2 heterocycles. The van der Waals surface area contributed by atoms with Crippen molar-refractivity contribution in [2.75, 3.05) is 19.6 Å². The van der Waals surface area contributed by atoms with Crippen LogP contribution < -0.4 is 0 Å². The van der Waals surface area contributed by atoms with Gasteiger partial charge in [-0.2, -0.15) is 0 Å². The zero-order chi connectivity index (χ0) is 14.5.